The van der Waals surface area contributed by atoms with Crippen molar-refractivity contribution in [1.29, 1.82) is 0 Å². The van der Waals surface area contributed by atoms with E-state index in [2.05, 4.69) is 5.32 Å². The van der Waals surface area contributed by atoms with E-state index in [0.29, 0.717) is 5.92 Å². The van der Waals surface area contributed by atoms with Gasteiger partial charge in [-0.15, -0.1) is 0 Å². The standard InChI is InChI=1S/C13H25NO/c15-13-9-5-4-6-11(13)10-14-12-7-2-1-3-8-12/h11-15H,1-10H2. The van der Waals surface area contributed by atoms with Crippen molar-refractivity contribution in [3.05, 3.63) is 0 Å². The Hall–Kier alpha value is -0.0800. The summed E-state index contributed by atoms with van der Waals surface area (Å²) in [5.74, 6) is 0.528. The zero-order valence-corrected chi connectivity index (χ0v) is 9.75. The van der Waals surface area contributed by atoms with E-state index in [9.17, 15) is 5.11 Å². The molecule has 0 saturated heterocycles. The quantitative estimate of drug-likeness (QED) is 0.751. The highest BCUT2D eigenvalue weighted by Crippen LogP contribution is 2.24. The van der Waals surface area contributed by atoms with Gasteiger partial charge in [0, 0.05) is 12.6 Å². The normalized spacial score (nSPS) is 34.2. The third-order valence-corrected chi connectivity index (χ3v) is 4.14. The Bertz CT molecular complexity index is 177. The lowest BCUT2D eigenvalue weighted by Gasteiger charge is -2.30. The smallest absolute Gasteiger partial charge is 0.0580 e. The molecule has 0 heterocycles. The van der Waals surface area contributed by atoms with Crippen molar-refractivity contribution >= 4 is 0 Å². The molecule has 0 aliphatic heterocycles. The van der Waals surface area contributed by atoms with Crippen LogP contribution in [0.15, 0.2) is 0 Å². The van der Waals surface area contributed by atoms with Crippen molar-refractivity contribution in [3.8, 4) is 0 Å². The average molecular weight is 211 g/mol. The Labute approximate surface area is 93.5 Å². The topological polar surface area (TPSA) is 32.3 Å². The van der Waals surface area contributed by atoms with E-state index in [0.717, 1.165) is 19.0 Å². The van der Waals surface area contributed by atoms with Gasteiger partial charge in [-0.2, -0.15) is 0 Å². The number of aliphatic hydroxyl groups excluding tert-OH is 1. The fourth-order valence-corrected chi connectivity index (χ4v) is 3.05. The molecule has 2 nitrogen and oxygen atoms in total. The van der Waals surface area contributed by atoms with Crippen LogP contribution >= 0.6 is 0 Å². The Balaban J connectivity index is 1.67. The summed E-state index contributed by atoms with van der Waals surface area (Å²) in [6.07, 6.45) is 11.7. The summed E-state index contributed by atoms with van der Waals surface area (Å²) in [6, 6.07) is 0.743. The molecule has 0 amide bonds. The summed E-state index contributed by atoms with van der Waals surface area (Å²) in [6.45, 7) is 1.05. The molecule has 2 heteroatoms. The number of hydrogen-bond donors (Lipinski definition) is 2. The van der Waals surface area contributed by atoms with Crippen LogP contribution in [0.3, 0.4) is 0 Å². The second kappa shape index (κ2) is 5.86. The highest BCUT2D eigenvalue weighted by Gasteiger charge is 2.23. The molecular formula is C13H25NO. The fraction of sp³-hybridized carbons (Fsp3) is 1.00. The van der Waals surface area contributed by atoms with Crippen LogP contribution in [0.1, 0.15) is 57.8 Å². The lowest BCUT2D eigenvalue weighted by atomic mass is 9.86. The Morgan fingerprint density at radius 1 is 0.867 bits per heavy atom. The minimum absolute atomic E-state index is 0.0326. The van der Waals surface area contributed by atoms with Gasteiger partial charge >= 0.3 is 0 Å². The third-order valence-electron chi connectivity index (χ3n) is 4.14. The Morgan fingerprint density at radius 2 is 1.53 bits per heavy atom. The molecular weight excluding hydrogens is 186 g/mol. The van der Waals surface area contributed by atoms with E-state index in [1.807, 2.05) is 0 Å². The molecule has 2 N–H and O–H groups in total. The van der Waals surface area contributed by atoms with Crippen LogP contribution < -0.4 is 5.32 Å². The zero-order valence-electron chi connectivity index (χ0n) is 9.75. The second-order valence-corrected chi connectivity index (χ2v) is 5.36. The van der Waals surface area contributed by atoms with Crippen LogP contribution in [0.4, 0.5) is 0 Å². The molecule has 2 aliphatic rings. The minimum Gasteiger partial charge on any atom is -0.393 e. The molecule has 2 rings (SSSR count). The van der Waals surface area contributed by atoms with Gasteiger partial charge in [-0.25, -0.2) is 0 Å². The van der Waals surface area contributed by atoms with Crippen LogP contribution in [0.2, 0.25) is 0 Å². The largest absolute Gasteiger partial charge is 0.393 e. The maximum Gasteiger partial charge on any atom is 0.0580 e. The fourth-order valence-electron chi connectivity index (χ4n) is 3.05. The predicted molar refractivity (Wildman–Crippen MR) is 62.8 cm³/mol. The van der Waals surface area contributed by atoms with Crippen LogP contribution in [0.25, 0.3) is 0 Å². The van der Waals surface area contributed by atoms with E-state index in [4.69, 9.17) is 0 Å². The van der Waals surface area contributed by atoms with Crippen molar-refractivity contribution in [2.24, 2.45) is 5.92 Å². The highest BCUT2D eigenvalue weighted by atomic mass is 16.3. The van der Waals surface area contributed by atoms with Crippen LogP contribution in [0.5, 0.6) is 0 Å². The molecule has 0 aromatic rings. The van der Waals surface area contributed by atoms with Gasteiger partial charge in [0.2, 0.25) is 0 Å². The molecule has 88 valence electrons. The molecule has 0 spiro atoms. The van der Waals surface area contributed by atoms with Crippen LogP contribution in [-0.2, 0) is 0 Å². The van der Waals surface area contributed by atoms with Gasteiger partial charge in [0.05, 0.1) is 6.10 Å². The zero-order chi connectivity index (χ0) is 10.5. The van der Waals surface area contributed by atoms with E-state index in [-0.39, 0.29) is 6.10 Å². The summed E-state index contributed by atoms with van der Waals surface area (Å²) in [5, 5.41) is 13.5. The van der Waals surface area contributed by atoms with Gasteiger partial charge in [-0.3, -0.25) is 0 Å². The van der Waals surface area contributed by atoms with E-state index in [1.165, 1.54) is 51.4 Å². The minimum atomic E-state index is -0.0326. The van der Waals surface area contributed by atoms with Gasteiger partial charge in [-0.05, 0) is 31.6 Å². The van der Waals surface area contributed by atoms with E-state index < -0.39 is 0 Å². The predicted octanol–water partition coefficient (Wildman–Crippen LogP) is 2.46. The first kappa shape index (κ1) is 11.4. The van der Waals surface area contributed by atoms with Gasteiger partial charge in [-0.1, -0.05) is 32.1 Å². The SMILES string of the molecule is OC1CCCCC1CNC1CCCCC1. The molecule has 0 aromatic heterocycles. The summed E-state index contributed by atoms with van der Waals surface area (Å²) in [7, 11) is 0. The molecule has 2 fully saturated rings. The molecule has 2 atom stereocenters. The number of nitrogens with one attached hydrogen (secondary N) is 1. The highest BCUT2D eigenvalue weighted by molar-refractivity contribution is 4.79. The van der Waals surface area contributed by atoms with E-state index >= 15 is 0 Å². The molecule has 0 bridgehead atoms. The lowest BCUT2D eigenvalue weighted by molar-refractivity contribution is 0.0673. The van der Waals surface area contributed by atoms with Gasteiger partial charge in [0.1, 0.15) is 0 Å². The maximum atomic E-state index is 9.86. The first-order chi connectivity index (χ1) is 7.36. The monoisotopic (exact) mass is 211 g/mol. The van der Waals surface area contributed by atoms with Crippen molar-refractivity contribution in [1.82, 2.24) is 5.32 Å². The molecule has 0 radical (unpaired) electrons. The summed E-state index contributed by atoms with van der Waals surface area (Å²) < 4.78 is 0. The Kier molecular flexibility index (Phi) is 4.45. The maximum absolute atomic E-state index is 9.86. The summed E-state index contributed by atoms with van der Waals surface area (Å²) in [4.78, 5) is 0. The third kappa shape index (κ3) is 3.46. The molecule has 15 heavy (non-hydrogen) atoms. The molecule has 2 saturated carbocycles. The van der Waals surface area contributed by atoms with Crippen molar-refractivity contribution in [3.63, 3.8) is 0 Å². The first-order valence-electron chi connectivity index (χ1n) is 6.78. The van der Waals surface area contributed by atoms with Crippen LogP contribution in [0, 0.1) is 5.92 Å². The number of aliphatic hydroxyl groups is 1. The number of rotatable bonds is 3. The van der Waals surface area contributed by atoms with Gasteiger partial charge < -0.3 is 10.4 Å². The van der Waals surface area contributed by atoms with Crippen molar-refractivity contribution in [2.75, 3.05) is 6.54 Å². The van der Waals surface area contributed by atoms with Crippen molar-refractivity contribution in [2.45, 2.75) is 69.9 Å². The number of hydrogen-bond acceptors (Lipinski definition) is 2. The molecule has 2 unspecified atom stereocenters. The van der Waals surface area contributed by atoms with Gasteiger partial charge in [0.15, 0.2) is 0 Å². The van der Waals surface area contributed by atoms with E-state index in [1.54, 1.807) is 0 Å². The van der Waals surface area contributed by atoms with Gasteiger partial charge in [0.25, 0.3) is 0 Å². The Morgan fingerprint density at radius 3 is 2.27 bits per heavy atom. The molecule has 2 aliphatic carbocycles. The summed E-state index contributed by atoms with van der Waals surface area (Å²) in [5.41, 5.74) is 0. The van der Waals surface area contributed by atoms with Crippen molar-refractivity contribution < 1.29 is 5.11 Å². The first-order valence-corrected chi connectivity index (χ1v) is 6.78. The molecule has 0 aromatic carbocycles. The summed E-state index contributed by atoms with van der Waals surface area (Å²) >= 11 is 0. The second-order valence-electron chi connectivity index (χ2n) is 5.36. The van der Waals surface area contributed by atoms with Crippen LogP contribution in [-0.4, -0.2) is 23.8 Å². The lowest BCUT2D eigenvalue weighted by Crippen LogP contribution is -2.39. The average Bonchev–Trinajstić information content (AvgIpc) is 2.29.